The predicted molar refractivity (Wildman–Crippen MR) is 135 cm³/mol. The van der Waals surface area contributed by atoms with Crippen molar-refractivity contribution in [1.82, 2.24) is 4.90 Å². The number of rotatable bonds is 7. The van der Waals surface area contributed by atoms with Crippen molar-refractivity contribution in [1.29, 1.82) is 0 Å². The van der Waals surface area contributed by atoms with Crippen LogP contribution in [0, 0.1) is 5.92 Å². The molecule has 0 spiro atoms. The average Bonchev–Trinajstić information content (AvgIpc) is 2.92. The first-order valence-electron chi connectivity index (χ1n) is 12.7. The van der Waals surface area contributed by atoms with Crippen LogP contribution in [-0.4, -0.2) is 30.0 Å². The van der Waals surface area contributed by atoms with E-state index in [0.29, 0.717) is 38.1 Å². The molecule has 4 rings (SSSR count). The number of carbonyl (C=O) groups is 1. The van der Waals surface area contributed by atoms with Gasteiger partial charge < -0.3 is 9.64 Å². The van der Waals surface area contributed by atoms with Gasteiger partial charge in [-0.1, -0.05) is 67.6 Å². The maximum atomic E-state index is 13.4. The summed E-state index contributed by atoms with van der Waals surface area (Å²) in [5, 5.41) is 0. The summed E-state index contributed by atoms with van der Waals surface area (Å²) in [7, 11) is 0. The number of benzene rings is 3. The molecule has 0 N–H and O–H groups in total. The summed E-state index contributed by atoms with van der Waals surface area (Å²) in [6.07, 6.45) is -9.66. The third-order valence-corrected chi connectivity index (χ3v) is 7.10. The minimum Gasteiger partial charge on any atom is -0.373 e. The van der Waals surface area contributed by atoms with Crippen molar-refractivity contribution in [3.63, 3.8) is 0 Å². The van der Waals surface area contributed by atoms with Crippen molar-refractivity contribution in [2.75, 3.05) is 13.1 Å². The van der Waals surface area contributed by atoms with Crippen LogP contribution in [0.4, 0.5) is 26.3 Å². The molecule has 0 saturated carbocycles. The molecule has 1 aliphatic heterocycles. The minimum absolute atomic E-state index is 0.0222. The van der Waals surface area contributed by atoms with E-state index < -0.39 is 36.2 Å². The Hall–Kier alpha value is -3.33. The summed E-state index contributed by atoms with van der Waals surface area (Å²) >= 11 is 0. The fourth-order valence-corrected chi connectivity index (χ4v) is 5.25. The number of hydrogen-bond donors (Lipinski definition) is 0. The highest BCUT2D eigenvalue weighted by Crippen LogP contribution is 2.40. The summed E-state index contributed by atoms with van der Waals surface area (Å²) in [4.78, 5) is 14.4. The van der Waals surface area contributed by atoms with Crippen LogP contribution in [0.3, 0.4) is 0 Å². The monoisotopic (exact) mass is 549 g/mol. The van der Waals surface area contributed by atoms with Gasteiger partial charge in [-0.2, -0.15) is 26.3 Å². The highest BCUT2D eigenvalue weighted by atomic mass is 19.4. The molecule has 0 radical (unpaired) electrons. The summed E-state index contributed by atoms with van der Waals surface area (Å²) in [6.45, 7) is 2.09. The Morgan fingerprint density at radius 2 is 1.38 bits per heavy atom. The molecule has 9 heteroatoms. The molecule has 0 aliphatic carbocycles. The smallest absolute Gasteiger partial charge is 0.373 e. The largest absolute Gasteiger partial charge is 0.416 e. The van der Waals surface area contributed by atoms with E-state index in [1.54, 1.807) is 11.8 Å². The summed E-state index contributed by atoms with van der Waals surface area (Å²) in [5.74, 6) is -0.518. The Kier molecular flexibility index (Phi) is 8.69. The number of likely N-dealkylation sites (tertiary alicyclic amines) is 1. The topological polar surface area (TPSA) is 29.5 Å². The van der Waals surface area contributed by atoms with E-state index >= 15 is 0 Å². The number of alkyl halides is 6. The van der Waals surface area contributed by atoms with Gasteiger partial charge in [0.25, 0.3) is 0 Å². The Balaban J connectivity index is 1.69. The van der Waals surface area contributed by atoms with E-state index in [1.807, 2.05) is 60.7 Å². The molecule has 0 bridgehead atoms. The minimum atomic E-state index is -4.93. The molecule has 1 aliphatic rings. The van der Waals surface area contributed by atoms with E-state index in [4.69, 9.17) is 4.74 Å². The summed E-state index contributed by atoms with van der Waals surface area (Å²) in [6, 6.07) is 20.8. The molecule has 3 aromatic rings. The van der Waals surface area contributed by atoms with Crippen molar-refractivity contribution in [2.24, 2.45) is 5.92 Å². The highest BCUT2D eigenvalue weighted by Gasteiger charge is 2.39. The SMILES string of the molecule is CCC(=O)N1CCC(OCc2cc(C(F)(F)F)cc(C(F)(F)F)c2)C(C(c2ccccc2)c2ccccc2)C1. The molecule has 3 nitrogen and oxygen atoms in total. The molecule has 1 amide bonds. The first-order chi connectivity index (χ1) is 18.5. The van der Waals surface area contributed by atoms with Gasteiger partial charge in [-0.25, -0.2) is 0 Å². The third kappa shape index (κ3) is 7.01. The normalized spacial score (nSPS) is 18.4. The zero-order valence-electron chi connectivity index (χ0n) is 21.3. The first-order valence-corrected chi connectivity index (χ1v) is 12.7. The Morgan fingerprint density at radius 3 is 1.85 bits per heavy atom. The van der Waals surface area contributed by atoms with Crippen LogP contribution in [0.1, 0.15) is 53.5 Å². The fourth-order valence-electron chi connectivity index (χ4n) is 5.25. The molecule has 0 aromatic heterocycles. The summed E-state index contributed by atoms with van der Waals surface area (Å²) in [5.41, 5.74) is -0.999. The van der Waals surface area contributed by atoms with Crippen molar-refractivity contribution in [3.05, 3.63) is 107 Å². The van der Waals surface area contributed by atoms with Crippen molar-refractivity contribution in [3.8, 4) is 0 Å². The van der Waals surface area contributed by atoms with Gasteiger partial charge in [0.2, 0.25) is 5.91 Å². The Morgan fingerprint density at radius 1 is 0.872 bits per heavy atom. The molecule has 1 fully saturated rings. The number of piperidine rings is 1. The number of halogens is 6. The lowest BCUT2D eigenvalue weighted by molar-refractivity contribution is -0.143. The van der Waals surface area contributed by atoms with E-state index in [9.17, 15) is 31.1 Å². The second kappa shape index (κ2) is 11.8. The lowest BCUT2D eigenvalue weighted by Crippen LogP contribution is -2.48. The molecule has 39 heavy (non-hydrogen) atoms. The maximum Gasteiger partial charge on any atom is 0.416 e. The molecule has 208 valence electrons. The Bertz CT molecular complexity index is 1170. The van der Waals surface area contributed by atoms with Crippen LogP contribution in [-0.2, 0) is 28.5 Å². The number of amides is 1. The predicted octanol–water partition coefficient (Wildman–Crippen LogP) is 7.70. The van der Waals surface area contributed by atoms with Gasteiger partial charge in [0.05, 0.1) is 23.8 Å². The lowest BCUT2D eigenvalue weighted by Gasteiger charge is -2.42. The maximum absolute atomic E-state index is 13.4. The lowest BCUT2D eigenvalue weighted by atomic mass is 9.75. The molecular formula is C30H29F6NO2. The van der Waals surface area contributed by atoms with Crippen molar-refractivity contribution < 1.29 is 35.9 Å². The van der Waals surface area contributed by atoms with Gasteiger partial charge in [0.1, 0.15) is 0 Å². The van der Waals surface area contributed by atoms with E-state index in [2.05, 4.69) is 0 Å². The highest BCUT2D eigenvalue weighted by molar-refractivity contribution is 5.76. The Labute approximate surface area is 223 Å². The van der Waals surface area contributed by atoms with Crippen LogP contribution in [0.5, 0.6) is 0 Å². The van der Waals surface area contributed by atoms with Gasteiger partial charge in [-0.3, -0.25) is 4.79 Å². The second-order valence-electron chi connectivity index (χ2n) is 9.71. The zero-order chi connectivity index (χ0) is 28.2. The third-order valence-electron chi connectivity index (χ3n) is 7.10. The number of hydrogen-bond acceptors (Lipinski definition) is 2. The fraction of sp³-hybridized carbons (Fsp3) is 0.367. The molecular weight excluding hydrogens is 520 g/mol. The molecule has 2 atom stereocenters. The van der Waals surface area contributed by atoms with E-state index in [1.165, 1.54) is 0 Å². The van der Waals surface area contributed by atoms with Crippen LogP contribution < -0.4 is 0 Å². The number of nitrogens with zero attached hydrogens (tertiary/aromatic N) is 1. The van der Waals surface area contributed by atoms with Gasteiger partial charge in [-0.05, 0) is 41.3 Å². The van der Waals surface area contributed by atoms with Gasteiger partial charge in [0.15, 0.2) is 0 Å². The second-order valence-corrected chi connectivity index (χ2v) is 9.71. The number of carbonyl (C=O) groups excluding carboxylic acids is 1. The quantitative estimate of drug-likeness (QED) is 0.283. The molecule has 1 heterocycles. The van der Waals surface area contributed by atoms with Gasteiger partial charge in [0, 0.05) is 31.3 Å². The van der Waals surface area contributed by atoms with Crippen LogP contribution >= 0.6 is 0 Å². The summed E-state index contributed by atoms with van der Waals surface area (Å²) < 4.78 is 86.4. The molecule has 1 saturated heterocycles. The van der Waals surface area contributed by atoms with Gasteiger partial charge >= 0.3 is 12.4 Å². The van der Waals surface area contributed by atoms with Crippen LogP contribution in [0.15, 0.2) is 78.9 Å². The van der Waals surface area contributed by atoms with Crippen LogP contribution in [0.2, 0.25) is 0 Å². The van der Waals surface area contributed by atoms with Crippen molar-refractivity contribution >= 4 is 5.91 Å². The first kappa shape index (κ1) is 28.7. The molecule has 2 unspecified atom stereocenters. The van der Waals surface area contributed by atoms with Crippen LogP contribution in [0.25, 0.3) is 0 Å². The van der Waals surface area contributed by atoms with E-state index in [0.717, 1.165) is 11.1 Å². The number of ether oxygens (including phenoxy) is 1. The zero-order valence-corrected chi connectivity index (χ0v) is 21.3. The van der Waals surface area contributed by atoms with Crippen molar-refractivity contribution in [2.45, 2.75) is 50.7 Å². The standard InChI is InChI=1S/C30H29F6NO2/c1-2-27(38)37-14-13-26(39-19-20-15-23(29(31,32)33)17-24(16-20)30(34,35)36)25(18-37)28(21-9-5-3-6-10-21)22-11-7-4-8-12-22/h3-12,15-17,25-26,28H,2,13-14,18-19H2,1H3. The molecule has 3 aromatic carbocycles. The average molecular weight is 550 g/mol. The van der Waals surface area contributed by atoms with E-state index in [-0.39, 0.29) is 29.4 Å². The van der Waals surface area contributed by atoms with Gasteiger partial charge in [-0.15, -0.1) is 0 Å².